The monoisotopic (exact) mass is 257 g/mol. The summed E-state index contributed by atoms with van der Waals surface area (Å²) in [5, 5.41) is 19.5. The van der Waals surface area contributed by atoms with Crippen molar-refractivity contribution >= 4 is 11.7 Å². The smallest absolute Gasteiger partial charge is 0.338 e. The highest BCUT2D eigenvalue weighted by atomic mass is 19.1. The number of hydrogen-bond acceptors (Lipinski definition) is 4. The van der Waals surface area contributed by atoms with Gasteiger partial charge in [-0.25, -0.2) is 9.18 Å². The summed E-state index contributed by atoms with van der Waals surface area (Å²) in [4.78, 5) is 20.7. The summed E-state index contributed by atoms with van der Waals surface area (Å²) in [6.45, 7) is 4.92. The standard InChI is InChI=1S/C11H12FNO5/c1-11(2,3)18-9-4-6(10(14)15)7(12)5-8(9)13(16)17/h4-5H,1-3H3,(H,14,15). The molecule has 18 heavy (non-hydrogen) atoms. The normalized spacial score (nSPS) is 11.1. The molecule has 0 aliphatic heterocycles. The number of carboxylic acids is 1. The molecule has 0 bridgehead atoms. The molecule has 0 spiro atoms. The van der Waals surface area contributed by atoms with Crippen LogP contribution in [0, 0.1) is 15.9 Å². The third-order valence-corrected chi connectivity index (χ3v) is 1.89. The fourth-order valence-electron chi connectivity index (χ4n) is 1.26. The first-order chi connectivity index (χ1) is 8.11. The predicted octanol–water partition coefficient (Wildman–Crippen LogP) is 2.61. The van der Waals surface area contributed by atoms with Crippen molar-refractivity contribution < 1.29 is 24.0 Å². The second-order valence-corrected chi connectivity index (χ2v) is 4.58. The van der Waals surface area contributed by atoms with Crippen LogP contribution in [0.2, 0.25) is 0 Å². The SMILES string of the molecule is CC(C)(C)Oc1cc(C(=O)O)c(F)cc1[N+](=O)[O-]. The van der Waals surface area contributed by atoms with Gasteiger partial charge in [0, 0.05) is 6.07 Å². The van der Waals surface area contributed by atoms with Gasteiger partial charge in [0.2, 0.25) is 0 Å². The molecule has 0 unspecified atom stereocenters. The number of halogens is 1. The van der Waals surface area contributed by atoms with Crippen molar-refractivity contribution in [2.75, 3.05) is 0 Å². The lowest BCUT2D eigenvalue weighted by Crippen LogP contribution is -2.23. The maximum atomic E-state index is 13.3. The Morgan fingerprint density at radius 2 is 2.00 bits per heavy atom. The maximum Gasteiger partial charge on any atom is 0.338 e. The average molecular weight is 257 g/mol. The van der Waals surface area contributed by atoms with Gasteiger partial charge >= 0.3 is 11.7 Å². The molecule has 0 aromatic heterocycles. The lowest BCUT2D eigenvalue weighted by molar-refractivity contribution is -0.386. The zero-order valence-electron chi connectivity index (χ0n) is 10.1. The summed E-state index contributed by atoms with van der Waals surface area (Å²) in [6.07, 6.45) is 0. The molecular weight excluding hydrogens is 245 g/mol. The van der Waals surface area contributed by atoms with Gasteiger partial charge in [0.05, 0.1) is 16.6 Å². The highest BCUT2D eigenvalue weighted by molar-refractivity contribution is 5.89. The highest BCUT2D eigenvalue weighted by Gasteiger charge is 2.25. The van der Waals surface area contributed by atoms with Crippen LogP contribution in [0.15, 0.2) is 12.1 Å². The van der Waals surface area contributed by atoms with Crippen LogP contribution in [0.3, 0.4) is 0 Å². The molecule has 0 heterocycles. The zero-order valence-corrected chi connectivity index (χ0v) is 10.1. The van der Waals surface area contributed by atoms with Gasteiger partial charge in [0.1, 0.15) is 11.4 Å². The van der Waals surface area contributed by atoms with Crippen molar-refractivity contribution in [1.29, 1.82) is 0 Å². The van der Waals surface area contributed by atoms with E-state index in [9.17, 15) is 19.3 Å². The number of carbonyl (C=O) groups is 1. The van der Waals surface area contributed by atoms with E-state index in [0.717, 1.165) is 6.07 Å². The minimum absolute atomic E-state index is 0.272. The first kappa shape index (κ1) is 13.9. The largest absolute Gasteiger partial charge is 0.481 e. The Morgan fingerprint density at radius 1 is 1.44 bits per heavy atom. The quantitative estimate of drug-likeness (QED) is 0.664. The molecule has 0 atom stereocenters. The number of aromatic carboxylic acids is 1. The van der Waals surface area contributed by atoms with Crippen LogP contribution in [-0.4, -0.2) is 21.6 Å². The third kappa shape index (κ3) is 3.16. The van der Waals surface area contributed by atoms with Gasteiger partial charge < -0.3 is 9.84 Å². The Morgan fingerprint density at radius 3 is 2.39 bits per heavy atom. The number of nitrogens with zero attached hydrogens (tertiary/aromatic N) is 1. The number of hydrogen-bond donors (Lipinski definition) is 1. The molecule has 6 nitrogen and oxygen atoms in total. The predicted molar refractivity (Wildman–Crippen MR) is 60.4 cm³/mol. The topological polar surface area (TPSA) is 89.7 Å². The van der Waals surface area contributed by atoms with E-state index in [1.54, 1.807) is 20.8 Å². The number of rotatable bonds is 3. The summed E-state index contributed by atoms with van der Waals surface area (Å²) in [7, 11) is 0. The lowest BCUT2D eigenvalue weighted by Gasteiger charge is -2.21. The molecule has 1 aromatic carbocycles. The number of ether oxygens (including phenoxy) is 1. The van der Waals surface area contributed by atoms with E-state index < -0.39 is 33.6 Å². The van der Waals surface area contributed by atoms with Gasteiger partial charge in [-0.2, -0.15) is 0 Å². The van der Waals surface area contributed by atoms with E-state index in [0.29, 0.717) is 6.07 Å². The van der Waals surface area contributed by atoms with Crippen molar-refractivity contribution in [3.8, 4) is 5.75 Å². The first-order valence-corrected chi connectivity index (χ1v) is 5.02. The molecule has 0 aliphatic rings. The Hall–Kier alpha value is -2.18. The second kappa shape index (κ2) is 4.59. The van der Waals surface area contributed by atoms with Crippen LogP contribution >= 0.6 is 0 Å². The lowest BCUT2D eigenvalue weighted by atomic mass is 10.1. The molecule has 7 heteroatoms. The van der Waals surface area contributed by atoms with E-state index in [-0.39, 0.29) is 5.75 Å². The Bertz CT molecular complexity index is 507. The summed E-state index contributed by atoms with van der Waals surface area (Å²) in [6, 6.07) is 1.37. The van der Waals surface area contributed by atoms with Crippen molar-refractivity contribution in [3.63, 3.8) is 0 Å². The first-order valence-electron chi connectivity index (χ1n) is 5.02. The fourth-order valence-corrected chi connectivity index (χ4v) is 1.26. The molecular formula is C11H12FNO5. The van der Waals surface area contributed by atoms with Crippen LogP contribution in [0.4, 0.5) is 10.1 Å². The van der Waals surface area contributed by atoms with Crippen LogP contribution in [0.1, 0.15) is 31.1 Å². The Labute approximate surface area is 102 Å². The van der Waals surface area contributed by atoms with Crippen molar-refractivity contribution in [2.45, 2.75) is 26.4 Å². The van der Waals surface area contributed by atoms with Gasteiger partial charge in [0.15, 0.2) is 5.75 Å². The minimum Gasteiger partial charge on any atom is -0.481 e. The van der Waals surface area contributed by atoms with Gasteiger partial charge in [-0.1, -0.05) is 0 Å². The fraction of sp³-hybridized carbons (Fsp3) is 0.364. The van der Waals surface area contributed by atoms with Crippen molar-refractivity contribution in [2.24, 2.45) is 0 Å². The molecule has 0 fully saturated rings. The van der Waals surface area contributed by atoms with E-state index in [1.807, 2.05) is 0 Å². The van der Waals surface area contributed by atoms with Crippen LogP contribution < -0.4 is 4.74 Å². The van der Waals surface area contributed by atoms with Gasteiger partial charge in [-0.05, 0) is 20.8 Å². The molecule has 0 saturated carbocycles. The minimum atomic E-state index is -1.51. The third-order valence-electron chi connectivity index (χ3n) is 1.89. The molecule has 1 rings (SSSR count). The van der Waals surface area contributed by atoms with E-state index in [2.05, 4.69) is 0 Å². The van der Waals surface area contributed by atoms with E-state index in [1.165, 1.54) is 0 Å². The van der Waals surface area contributed by atoms with Gasteiger partial charge in [-0.15, -0.1) is 0 Å². The zero-order chi connectivity index (χ0) is 14.1. The molecule has 98 valence electrons. The van der Waals surface area contributed by atoms with Crippen LogP contribution in [0.5, 0.6) is 5.75 Å². The summed E-state index contributed by atoms with van der Waals surface area (Å²) >= 11 is 0. The van der Waals surface area contributed by atoms with Crippen LogP contribution in [-0.2, 0) is 0 Å². The molecule has 0 aliphatic carbocycles. The van der Waals surface area contributed by atoms with Crippen LogP contribution in [0.25, 0.3) is 0 Å². The maximum absolute atomic E-state index is 13.3. The average Bonchev–Trinajstić information content (AvgIpc) is 2.17. The summed E-state index contributed by atoms with van der Waals surface area (Å²) in [5.74, 6) is -2.96. The molecule has 1 aromatic rings. The van der Waals surface area contributed by atoms with E-state index in [4.69, 9.17) is 9.84 Å². The molecule has 0 saturated heterocycles. The molecule has 0 radical (unpaired) electrons. The summed E-state index contributed by atoms with van der Waals surface area (Å²) in [5.41, 5.74) is -2.04. The number of nitro benzene ring substituents is 1. The summed E-state index contributed by atoms with van der Waals surface area (Å²) < 4.78 is 18.6. The molecule has 0 amide bonds. The Balaban J connectivity index is 3.40. The highest BCUT2D eigenvalue weighted by Crippen LogP contribution is 2.32. The number of carboxylic acid groups (broad SMARTS) is 1. The van der Waals surface area contributed by atoms with Gasteiger partial charge in [0.25, 0.3) is 0 Å². The number of nitro groups is 1. The second-order valence-electron chi connectivity index (χ2n) is 4.58. The molecule has 1 N–H and O–H groups in total. The van der Waals surface area contributed by atoms with E-state index >= 15 is 0 Å². The van der Waals surface area contributed by atoms with Crippen molar-refractivity contribution in [1.82, 2.24) is 0 Å². The van der Waals surface area contributed by atoms with Crippen molar-refractivity contribution in [3.05, 3.63) is 33.6 Å². The Kier molecular flexibility index (Phi) is 3.54. The number of benzene rings is 1. The van der Waals surface area contributed by atoms with Gasteiger partial charge in [-0.3, -0.25) is 10.1 Å².